The van der Waals surface area contributed by atoms with Crippen molar-refractivity contribution in [2.45, 2.75) is 44.6 Å². The Labute approximate surface area is 195 Å². The highest BCUT2D eigenvalue weighted by Crippen LogP contribution is 2.38. The van der Waals surface area contributed by atoms with E-state index in [0.29, 0.717) is 61.9 Å². The number of anilines is 1. The van der Waals surface area contributed by atoms with Crippen LogP contribution in [0, 0.1) is 17.8 Å². The summed E-state index contributed by atoms with van der Waals surface area (Å²) in [7, 11) is 1.61. The molecule has 2 bridgehead atoms. The van der Waals surface area contributed by atoms with Crippen LogP contribution in [-0.4, -0.2) is 78.4 Å². The van der Waals surface area contributed by atoms with Gasteiger partial charge in [0.15, 0.2) is 0 Å². The van der Waals surface area contributed by atoms with Crippen LogP contribution in [0.2, 0.25) is 0 Å². The maximum absolute atomic E-state index is 13.3. The Morgan fingerprint density at radius 2 is 1.88 bits per heavy atom. The molecule has 0 radical (unpaired) electrons. The Balaban J connectivity index is 1.14. The quantitative estimate of drug-likeness (QED) is 0.762. The van der Waals surface area contributed by atoms with Gasteiger partial charge in [0.2, 0.25) is 11.8 Å². The smallest absolute Gasteiger partial charge is 0.320 e. The number of nitrogens with zero attached hydrogens (tertiary/aromatic N) is 3. The summed E-state index contributed by atoms with van der Waals surface area (Å²) in [6.45, 7) is 3.50. The van der Waals surface area contributed by atoms with Gasteiger partial charge in [-0.05, 0) is 56.1 Å². The van der Waals surface area contributed by atoms with Gasteiger partial charge in [0, 0.05) is 62.9 Å². The summed E-state index contributed by atoms with van der Waals surface area (Å²) in [5.74, 6) is 1.71. The van der Waals surface area contributed by atoms with Crippen molar-refractivity contribution in [1.82, 2.24) is 14.7 Å². The molecule has 0 saturated carbocycles. The Morgan fingerprint density at radius 1 is 1.06 bits per heavy atom. The van der Waals surface area contributed by atoms with Crippen LogP contribution in [0.15, 0.2) is 24.3 Å². The third kappa shape index (κ3) is 4.52. The van der Waals surface area contributed by atoms with Crippen molar-refractivity contribution in [3.8, 4) is 5.75 Å². The first-order valence-electron chi connectivity index (χ1n) is 12.3. The van der Waals surface area contributed by atoms with E-state index in [0.717, 1.165) is 44.6 Å². The number of likely N-dealkylation sites (tertiary alicyclic amines) is 2. The molecule has 1 aromatic carbocycles. The van der Waals surface area contributed by atoms with Crippen LogP contribution in [0.4, 0.5) is 10.5 Å². The number of carbonyl (C=O) groups is 3. The van der Waals surface area contributed by atoms with Gasteiger partial charge in [-0.1, -0.05) is 6.07 Å². The number of hydrogen-bond donors (Lipinski definition) is 1. The highest BCUT2D eigenvalue weighted by molar-refractivity contribution is 5.93. The monoisotopic (exact) mass is 454 g/mol. The molecule has 0 aliphatic carbocycles. The molecule has 1 aromatic rings. The number of amides is 4. The van der Waals surface area contributed by atoms with Crippen LogP contribution >= 0.6 is 0 Å². The SMILES string of the molecule is COc1cccc(NC(=O)C2CCN(C(=O)N3C[C@@H]4C[C@H](C3)[C@H]3CCCC(=O)N3C4)CC2)c1. The molecule has 0 spiro atoms. The van der Waals surface area contributed by atoms with Gasteiger partial charge in [0.05, 0.1) is 7.11 Å². The normalized spacial score (nSPS) is 27.7. The third-order valence-corrected chi connectivity index (χ3v) is 7.92. The minimum absolute atomic E-state index is 0.00455. The molecule has 0 aromatic heterocycles. The Kier molecular flexibility index (Phi) is 6.17. The first-order valence-corrected chi connectivity index (χ1v) is 12.3. The van der Waals surface area contributed by atoms with E-state index in [1.165, 1.54) is 0 Å². The van der Waals surface area contributed by atoms with Gasteiger partial charge in [-0.3, -0.25) is 9.59 Å². The lowest BCUT2D eigenvalue weighted by Gasteiger charge is -2.53. The second-order valence-electron chi connectivity index (χ2n) is 10.0. The van der Waals surface area contributed by atoms with Crippen LogP contribution in [0.1, 0.15) is 38.5 Å². The van der Waals surface area contributed by atoms with E-state index in [2.05, 4.69) is 10.2 Å². The summed E-state index contributed by atoms with van der Waals surface area (Å²) in [6, 6.07) is 7.78. The number of fused-ring (bicyclic) bond motifs is 4. The Hall–Kier alpha value is -2.77. The summed E-state index contributed by atoms with van der Waals surface area (Å²) in [5, 5.41) is 2.99. The molecule has 4 heterocycles. The zero-order chi connectivity index (χ0) is 22.9. The van der Waals surface area contributed by atoms with Crippen LogP contribution < -0.4 is 10.1 Å². The summed E-state index contributed by atoms with van der Waals surface area (Å²) < 4.78 is 5.22. The maximum Gasteiger partial charge on any atom is 0.320 e. The molecule has 5 rings (SSSR count). The average molecular weight is 455 g/mol. The van der Waals surface area contributed by atoms with Crippen molar-refractivity contribution in [2.24, 2.45) is 17.8 Å². The second-order valence-corrected chi connectivity index (χ2v) is 10.0. The minimum atomic E-state index is -0.0946. The predicted molar refractivity (Wildman–Crippen MR) is 124 cm³/mol. The van der Waals surface area contributed by atoms with E-state index < -0.39 is 0 Å². The number of nitrogens with one attached hydrogen (secondary N) is 1. The van der Waals surface area contributed by atoms with Crippen LogP contribution in [0.25, 0.3) is 0 Å². The summed E-state index contributed by atoms with van der Waals surface area (Å²) in [6.07, 6.45) is 5.20. The van der Waals surface area contributed by atoms with Gasteiger partial charge in [-0.2, -0.15) is 0 Å². The number of benzene rings is 1. The van der Waals surface area contributed by atoms with Crippen LogP contribution in [0.5, 0.6) is 5.75 Å². The van der Waals surface area contributed by atoms with E-state index in [4.69, 9.17) is 4.74 Å². The van der Waals surface area contributed by atoms with Crippen molar-refractivity contribution in [3.05, 3.63) is 24.3 Å². The van der Waals surface area contributed by atoms with Crippen molar-refractivity contribution in [2.75, 3.05) is 45.2 Å². The molecule has 33 heavy (non-hydrogen) atoms. The van der Waals surface area contributed by atoms with Crippen molar-refractivity contribution < 1.29 is 19.1 Å². The standard InChI is InChI=1S/C25H34N4O4/c1-33-21-5-2-4-20(13-21)26-24(31)18-8-10-27(11-9-18)25(32)28-14-17-12-19(16-28)22-6-3-7-23(30)29(22)15-17/h2,4-5,13,17-19,22H,3,6-12,14-16H2,1H3,(H,26,31)/t17-,19+,22+/m0/s1. The summed E-state index contributed by atoms with van der Waals surface area (Å²) >= 11 is 0. The number of carbonyl (C=O) groups excluding carboxylic acids is 3. The van der Waals surface area contributed by atoms with Gasteiger partial charge in [0.1, 0.15) is 5.75 Å². The molecule has 4 fully saturated rings. The number of hydrogen-bond acceptors (Lipinski definition) is 4. The molecule has 3 atom stereocenters. The van der Waals surface area contributed by atoms with Crippen molar-refractivity contribution >= 4 is 23.5 Å². The van der Waals surface area contributed by atoms with Gasteiger partial charge in [-0.15, -0.1) is 0 Å². The van der Waals surface area contributed by atoms with Crippen LogP contribution in [0.3, 0.4) is 0 Å². The Bertz CT molecular complexity index is 913. The minimum Gasteiger partial charge on any atom is -0.497 e. The van der Waals surface area contributed by atoms with Crippen molar-refractivity contribution in [1.29, 1.82) is 0 Å². The molecule has 1 N–H and O–H groups in total. The van der Waals surface area contributed by atoms with Gasteiger partial charge >= 0.3 is 6.03 Å². The molecule has 0 unspecified atom stereocenters. The fourth-order valence-electron chi connectivity index (χ4n) is 6.24. The van der Waals surface area contributed by atoms with Crippen molar-refractivity contribution in [3.63, 3.8) is 0 Å². The summed E-state index contributed by atoms with van der Waals surface area (Å²) in [5.41, 5.74) is 0.730. The largest absolute Gasteiger partial charge is 0.497 e. The molecule has 4 aliphatic heterocycles. The molecular weight excluding hydrogens is 420 g/mol. The zero-order valence-corrected chi connectivity index (χ0v) is 19.4. The molecule has 178 valence electrons. The summed E-state index contributed by atoms with van der Waals surface area (Å²) in [4.78, 5) is 44.4. The van der Waals surface area contributed by atoms with E-state index in [-0.39, 0.29) is 17.9 Å². The first kappa shape index (κ1) is 22.0. The predicted octanol–water partition coefficient (Wildman–Crippen LogP) is 2.80. The molecule has 8 nitrogen and oxygen atoms in total. The number of urea groups is 1. The third-order valence-electron chi connectivity index (χ3n) is 7.92. The molecule has 4 amide bonds. The highest BCUT2D eigenvalue weighted by Gasteiger charge is 2.45. The topological polar surface area (TPSA) is 82.2 Å². The zero-order valence-electron chi connectivity index (χ0n) is 19.4. The number of ether oxygens (including phenoxy) is 1. The van der Waals surface area contributed by atoms with E-state index in [1.54, 1.807) is 7.11 Å². The molecule has 4 aliphatic rings. The lowest BCUT2D eigenvalue weighted by Crippen LogP contribution is -2.62. The lowest BCUT2D eigenvalue weighted by molar-refractivity contribution is -0.144. The number of rotatable bonds is 3. The lowest BCUT2D eigenvalue weighted by atomic mass is 9.76. The van der Waals surface area contributed by atoms with E-state index >= 15 is 0 Å². The highest BCUT2D eigenvalue weighted by atomic mass is 16.5. The molecule has 8 heteroatoms. The van der Waals surface area contributed by atoms with Gasteiger partial charge in [0.25, 0.3) is 0 Å². The number of piperidine rings is 4. The Morgan fingerprint density at radius 3 is 2.67 bits per heavy atom. The molecular formula is C25H34N4O4. The van der Waals surface area contributed by atoms with Crippen LogP contribution in [-0.2, 0) is 9.59 Å². The van der Waals surface area contributed by atoms with E-state index in [9.17, 15) is 14.4 Å². The molecule has 4 saturated heterocycles. The van der Waals surface area contributed by atoms with Gasteiger partial charge < -0.3 is 24.8 Å². The first-order chi connectivity index (χ1) is 16.0. The fourth-order valence-corrected chi connectivity index (χ4v) is 6.24. The number of methoxy groups -OCH3 is 1. The fraction of sp³-hybridized carbons (Fsp3) is 0.640. The van der Waals surface area contributed by atoms with Gasteiger partial charge in [-0.25, -0.2) is 4.79 Å². The maximum atomic E-state index is 13.3. The van der Waals surface area contributed by atoms with E-state index in [1.807, 2.05) is 34.1 Å². The average Bonchev–Trinajstić information content (AvgIpc) is 2.84. The second kappa shape index (κ2) is 9.23.